The lowest BCUT2D eigenvalue weighted by atomic mass is 9.96. The fourth-order valence-corrected chi connectivity index (χ4v) is 2.94. The number of fused-ring (bicyclic) bond motifs is 1. The molecule has 0 aliphatic carbocycles. The van der Waals surface area contributed by atoms with Gasteiger partial charge in [0.15, 0.2) is 5.82 Å². The van der Waals surface area contributed by atoms with Crippen LogP contribution in [0.5, 0.6) is 0 Å². The fourth-order valence-electron chi connectivity index (χ4n) is 2.34. The summed E-state index contributed by atoms with van der Waals surface area (Å²) < 4.78 is 5.41. The molecule has 2 aromatic rings. The molecule has 0 saturated carbocycles. The Morgan fingerprint density at radius 2 is 2.15 bits per heavy atom. The number of hydrogen-bond donors (Lipinski definition) is 1. The van der Waals surface area contributed by atoms with E-state index in [9.17, 15) is 0 Å². The zero-order valence-corrected chi connectivity index (χ0v) is 12.6. The summed E-state index contributed by atoms with van der Waals surface area (Å²) in [6, 6.07) is 8.64. The molecular weight excluding hydrogens is 270 g/mol. The van der Waals surface area contributed by atoms with Gasteiger partial charge in [-0.1, -0.05) is 43.3 Å². The van der Waals surface area contributed by atoms with Crippen molar-refractivity contribution in [3.63, 3.8) is 0 Å². The highest BCUT2D eigenvalue weighted by Crippen LogP contribution is 2.25. The molecule has 1 aromatic carbocycles. The number of thioether (sulfide) groups is 1. The van der Waals surface area contributed by atoms with E-state index in [0.29, 0.717) is 11.1 Å². The molecule has 0 bridgehead atoms. The highest BCUT2D eigenvalue weighted by atomic mass is 32.2. The quantitative estimate of drug-likeness (QED) is 0.937. The smallest absolute Gasteiger partial charge is 0.244 e. The van der Waals surface area contributed by atoms with E-state index in [1.807, 2.05) is 11.8 Å². The highest BCUT2D eigenvalue weighted by Gasteiger charge is 2.24. The van der Waals surface area contributed by atoms with Crippen LogP contribution in [-0.4, -0.2) is 15.4 Å². The summed E-state index contributed by atoms with van der Waals surface area (Å²) in [5, 5.41) is 8.12. The van der Waals surface area contributed by atoms with E-state index in [4.69, 9.17) is 4.52 Å². The SMILES string of the molecule is CC(C)SCc1noc(C2Cc3ccccc3CN2)n1. The monoisotopic (exact) mass is 289 g/mol. The molecule has 1 aromatic heterocycles. The largest absolute Gasteiger partial charge is 0.338 e. The van der Waals surface area contributed by atoms with Crippen LogP contribution in [0.2, 0.25) is 0 Å². The van der Waals surface area contributed by atoms with E-state index in [2.05, 4.69) is 53.6 Å². The van der Waals surface area contributed by atoms with Crippen LogP contribution < -0.4 is 5.32 Å². The summed E-state index contributed by atoms with van der Waals surface area (Å²) in [6.45, 7) is 5.20. The van der Waals surface area contributed by atoms with Gasteiger partial charge in [0, 0.05) is 6.54 Å². The van der Waals surface area contributed by atoms with E-state index in [0.717, 1.165) is 24.5 Å². The van der Waals surface area contributed by atoms with Crippen LogP contribution in [0.3, 0.4) is 0 Å². The molecule has 1 aliphatic rings. The van der Waals surface area contributed by atoms with Crippen LogP contribution in [0.25, 0.3) is 0 Å². The second kappa shape index (κ2) is 5.97. The van der Waals surface area contributed by atoms with E-state index in [1.54, 1.807) is 0 Å². The first-order valence-electron chi connectivity index (χ1n) is 6.96. The van der Waals surface area contributed by atoms with Gasteiger partial charge in [-0.05, 0) is 22.8 Å². The molecule has 1 aliphatic heterocycles. The zero-order chi connectivity index (χ0) is 13.9. The predicted molar refractivity (Wildman–Crippen MR) is 80.5 cm³/mol. The van der Waals surface area contributed by atoms with E-state index in [1.165, 1.54) is 11.1 Å². The van der Waals surface area contributed by atoms with E-state index < -0.39 is 0 Å². The standard InChI is InChI=1S/C15H19N3OS/c1-10(2)20-9-14-17-15(19-18-14)13-7-11-5-3-4-6-12(11)8-16-13/h3-6,10,13,16H,7-9H2,1-2H3. The number of rotatable bonds is 4. The summed E-state index contributed by atoms with van der Waals surface area (Å²) in [5.41, 5.74) is 2.73. The normalized spacial score (nSPS) is 18.2. The summed E-state index contributed by atoms with van der Waals surface area (Å²) in [5.74, 6) is 2.31. The topological polar surface area (TPSA) is 51.0 Å². The van der Waals surface area contributed by atoms with Crippen molar-refractivity contribution in [3.05, 3.63) is 47.1 Å². The van der Waals surface area contributed by atoms with Crippen molar-refractivity contribution in [2.24, 2.45) is 0 Å². The third-order valence-electron chi connectivity index (χ3n) is 3.41. The fraction of sp³-hybridized carbons (Fsp3) is 0.467. The summed E-state index contributed by atoms with van der Waals surface area (Å²) in [4.78, 5) is 4.52. The number of nitrogens with one attached hydrogen (secondary N) is 1. The molecule has 1 atom stereocenters. The molecule has 0 radical (unpaired) electrons. The maximum Gasteiger partial charge on any atom is 0.244 e. The van der Waals surface area contributed by atoms with Crippen LogP contribution in [0.15, 0.2) is 28.8 Å². The van der Waals surface area contributed by atoms with Crippen LogP contribution in [-0.2, 0) is 18.7 Å². The Kier molecular flexibility index (Phi) is 4.08. The minimum Gasteiger partial charge on any atom is -0.338 e. The Labute approximate surface area is 123 Å². The molecule has 0 amide bonds. The highest BCUT2D eigenvalue weighted by molar-refractivity contribution is 7.99. The first-order valence-corrected chi connectivity index (χ1v) is 8.01. The summed E-state index contributed by atoms with van der Waals surface area (Å²) in [7, 11) is 0. The molecule has 1 unspecified atom stereocenters. The van der Waals surface area contributed by atoms with Crippen LogP contribution in [0, 0.1) is 0 Å². The maximum absolute atomic E-state index is 5.41. The van der Waals surface area contributed by atoms with Gasteiger partial charge in [-0.2, -0.15) is 16.7 Å². The lowest BCUT2D eigenvalue weighted by Crippen LogP contribution is -2.28. The van der Waals surface area contributed by atoms with Crippen LogP contribution in [0.4, 0.5) is 0 Å². The van der Waals surface area contributed by atoms with Gasteiger partial charge in [0.05, 0.1) is 11.8 Å². The number of aromatic nitrogens is 2. The third-order valence-corrected chi connectivity index (χ3v) is 4.50. The van der Waals surface area contributed by atoms with Gasteiger partial charge in [-0.25, -0.2) is 0 Å². The molecule has 20 heavy (non-hydrogen) atoms. The average molecular weight is 289 g/mol. The van der Waals surface area contributed by atoms with Gasteiger partial charge in [0.1, 0.15) is 0 Å². The van der Waals surface area contributed by atoms with Gasteiger partial charge in [-0.15, -0.1) is 0 Å². The molecule has 3 rings (SSSR count). The van der Waals surface area contributed by atoms with Crippen molar-refractivity contribution in [2.75, 3.05) is 0 Å². The third kappa shape index (κ3) is 3.04. The van der Waals surface area contributed by atoms with Gasteiger partial charge < -0.3 is 9.84 Å². The molecule has 4 nitrogen and oxygen atoms in total. The zero-order valence-electron chi connectivity index (χ0n) is 11.8. The molecule has 0 saturated heterocycles. The Morgan fingerprint density at radius 3 is 2.95 bits per heavy atom. The van der Waals surface area contributed by atoms with Gasteiger partial charge in [0.25, 0.3) is 0 Å². The molecule has 5 heteroatoms. The second-order valence-electron chi connectivity index (χ2n) is 5.31. The minimum absolute atomic E-state index is 0.134. The van der Waals surface area contributed by atoms with Crippen molar-refractivity contribution in [1.29, 1.82) is 0 Å². The minimum atomic E-state index is 0.134. The molecular formula is C15H19N3OS. The van der Waals surface area contributed by atoms with Crippen molar-refractivity contribution in [2.45, 2.75) is 43.9 Å². The van der Waals surface area contributed by atoms with Gasteiger partial charge >= 0.3 is 0 Å². The lowest BCUT2D eigenvalue weighted by Gasteiger charge is -2.23. The predicted octanol–water partition coefficient (Wildman–Crippen LogP) is 3.10. The van der Waals surface area contributed by atoms with Crippen LogP contribution >= 0.6 is 11.8 Å². The summed E-state index contributed by atoms with van der Waals surface area (Å²) in [6.07, 6.45) is 0.912. The Hall–Kier alpha value is -1.33. The van der Waals surface area contributed by atoms with Crippen molar-refractivity contribution in [1.82, 2.24) is 15.5 Å². The second-order valence-corrected chi connectivity index (χ2v) is 6.88. The first-order chi connectivity index (χ1) is 9.72. The number of benzene rings is 1. The van der Waals surface area contributed by atoms with Crippen molar-refractivity contribution in [3.8, 4) is 0 Å². The van der Waals surface area contributed by atoms with E-state index in [-0.39, 0.29) is 6.04 Å². The number of hydrogen-bond acceptors (Lipinski definition) is 5. The maximum atomic E-state index is 5.41. The van der Waals surface area contributed by atoms with Crippen molar-refractivity contribution >= 4 is 11.8 Å². The Morgan fingerprint density at radius 1 is 1.35 bits per heavy atom. The number of nitrogens with zero attached hydrogens (tertiary/aromatic N) is 2. The lowest BCUT2D eigenvalue weighted by molar-refractivity contribution is 0.319. The van der Waals surface area contributed by atoms with Crippen LogP contribution in [0.1, 0.15) is 42.7 Å². The van der Waals surface area contributed by atoms with Gasteiger partial charge in [-0.3, -0.25) is 0 Å². The Bertz CT molecular complexity index is 582. The van der Waals surface area contributed by atoms with E-state index >= 15 is 0 Å². The van der Waals surface area contributed by atoms with Gasteiger partial charge in [0.2, 0.25) is 5.89 Å². The molecule has 2 heterocycles. The molecule has 0 spiro atoms. The molecule has 106 valence electrons. The van der Waals surface area contributed by atoms with Crippen molar-refractivity contribution < 1.29 is 4.52 Å². The molecule has 0 fully saturated rings. The summed E-state index contributed by atoms with van der Waals surface area (Å²) >= 11 is 1.83. The average Bonchev–Trinajstić information content (AvgIpc) is 2.93. The first kappa shape index (κ1) is 13.6. The molecule has 1 N–H and O–H groups in total. The Balaban J connectivity index is 1.69.